The second kappa shape index (κ2) is 12.2. The van der Waals surface area contributed by atoms with Gasteiger partial charge in [-0.1, -0.05) is 61.7 Å². The third-order valence-corrected chi connectivity index (χ3v) is 7.87. The number of nitrogens with zero attached hydrogens (tertiary/aromatic N) is 2. The molecule has 9 heteroatoms. The molecule has 3 amide bonds. The second-order valence-electron chi connectivity index (χ2n) is 9.80. The van der Waals surface area contributed by atoms with Gasteiger partial charge >= 0.3 is 6.09 Å². The van der Waals surface area contributed by atoms with Gasteiger partial charge in [0.2, 0.25) is 5.91 Å². The summed E-state index contributed by atoms with van der Waals surface area (Å²) < 4.78 is 5.44. The maximum Gasteiger partial charge on any atom is 0.410 e. The monoisotopic (exact) mass is 532 g/mol. The molecule has 2 aliphatic rings. The number of ether oxygens (including phenoxy) is 1. The van der Waals surface area contributed by atoms with Crippen LogP contribution in [0.3, 0.4) is 0 Å². The number of benzene rings is 2. The molecule has 1 saturated heterocycles. The first-order chi connectivity index (χ1) is 18.6. The van der Waals surface area contributed by atoms with Crippen molar-refractivity contribution in [3.8, 4) is 11.3 Å². The summed E-state index contributed by atoms with van der Waals surface area (Å²) in [6, 6.07) is 16.5. The zero-order valence-electron chi connectivity index (χ0n) is 21.2. The summed E-state index contributed by atoms with van der Waals surface area (Å²) in [5.74, 6) is -0.312. The number of carbonyl (C=O) groups excluding carboxylic acids is 3. The summed E-state index contributed by atoms with van der Waals surface area (Å²) in [7, 11) is 0. The highest BCUT2D eigenvalue weighted by Gasteiger charge is 2.35. The molecular formula is C29H32N4O4S. The standard InChI is InChI=1S/C29H32N4O4S/c34-26(30-23-10-5-2-6-11-23)22-15-13-21(14-16-22)24-19-38-28(31-24)32-27(35)25-12-7-17-33(25)29(36)37-18-20-8-3-1-4-9-20/h1,3-4,8-9,13-16,19,23,25H,2,5-7,10-12,17-18H2,(H,30,34)(H,31,32,35). The third kappa shape index (κ3) is 6.39. The fraction of sp³-hybridized carbons (Fsp3) is 0.379. The predicted molar refractivity (Wildman–Crippen MR) is 147 cm³/mol. The maximum absolute atomic E-state index is 13.0. The molecule has 2 N–H and O–H groups in total. The van der Waals surface area contributed by atoms with Crippen LogP contribution in [0.1, 0.15) is 60.9 Å². The van der Waals surface area contributed by atoms with Gasteiger partial charge in [-0.25, -0.2) is 9.78 Å². The van der Waals surface area contributed by atoms with Crippen LogP contribution < -0.4 is 10.6 Å². The molecule has 0 radical (unpaired) electrons. The summed E-state index contributed by atoms with van der Waals surface area (Å²) >= 11 is 1.33. The van der Waals surface area contributed by atoms with Crippen molar-refractivity contribution < 1.29 is 19.1 Å². The van der Waals surface area contributed by atoms with Crippen LogP contribution in [-0.4, -0.2) is 46.4 Å². The van der Waals surface area contributed by atoms with E-state index in [1.807, 2.05) is 60.0 Å². The van der Waals surface area contributed by atoms with Crippen LogP contribution in [0, 0.1) is 0 Å². The lowest BCUT2D eigenvalue weighted by molar-refractivity contribution is -0.120. The molecule has 1 atom stereocenters. The molecule has 3 aromatic rings. The van der Waals surface area contributed by atoms with Crippen molar-refractivity contribution >= 4 is 34.4 Å². The van der Waals surface area contributed by atoms with Crippen molar-refractivity contribution in [2.75, 3.05) is 11.9 Å². The zero-order chi connectivity index (χ0) is 26.3. The minimum absolute atomic E-state index is 0.0434. The molecule has 38 heavy (non-hydrogen) atoms. The minimum atomic E-state index is -0.590. The number of hydrogen-bond donors (Lipinski definition) is 2. The second-order valence-corrected chi connectivity index (χ2v) is 10.7. The number of hydrogen-bond acceptors (Lipinski definition) is 6. The first kappa shape index (κ1) is 25.9. The molecule has 0 spiro atoms. The van der Waals surface area contributed by atoms with Gasteiger partial charge in [0.1, 0.15) is 12.6 Å². The smallest absolute Gasteiger partial charge is 0.410 e. The highest BCUT2D eigenvalue weighted by Crippen LogP contribution is 2.27. The van der Waals surface area contributed by atoms with E-state index in [0.29, 0.717) is 23.7 Å². The number of thiazole rings is 1. The molecule has 198 valence electrons. The first-order valence-electron chi connectivity index (χ1n) is 13.2. The molecule has 0 bridgehead atoms. The van der Waals surface area contributed by atoms with E-state index in [4.69, 9.17) is 4.74 Å². The number of aromatic nitrogens is 1. The SMILES string of the molecule is O=C(NC1CCCCC1)c1ccc(-c2csc(NC(=O)C3CCCN3C(=O)OCc3ccccc3)n2)cc1. The Hall–Kier alpha value is -3.72. The number of amides is 3. The third-order valence-electron chi connectivity index (χ3n) is 7.11. The van der Waals surface area contributed by atoms with Gasteiger partial charge in [-0.3, -0.25) is 14.5 Å². The van der Waals surface area contributed by atoms with Crippen LogP contribution in [0.15, 0.2) is 60.0 Å². The van der Waals surface area contributed by atoms with Gasteiger partial charge in [-0.05, 0) is 43.4 Å². The van der Waals surface area contributed by atoms with E-state index in [1.54, 1.807) is 0 Å². The Labute approximate surface area is 226 Å². The average molecular weight is 533 g/mol. The summed E-state index contributed by atoms with van der Waals surface area (Å²) in [6.45, 7) is 0.650. The molecule has 1 aromatic heterocycles. The molecule has 1 unspecified atom stereocenters. The van der Waals surface area contributed by atoms with E-state index in [-0.39, 0.29) is 24.5 Å². The number of nitrogens with one attached hydrogen (secondary N) is 2. The van der Waals surface area contributed by atoms with Crippen molar-refractivity contribution in [2.45, 2.75) is 63.6 Å². The summed E-state index contributed by atoms with van der Waals surface area (Å²) in [6.07, 6.45) is 6.51. The number of anilines is 1. The van der Waals surface area contributed by atoms with Crippen molar-refractivity contribution in [3.05, 3.63) is 71.1 Å². The van der Waals surface area contributed by atoms with Crippen molar-refractivity contribution in [3.63, 3.8) is 0 Å². The van der Waals surface area contributed by atoms with Gasteiger partial charge < -0.3 is 15.4 Å². The summed E-state index contributed by atoms with van der Waals surface area (Å²) in [5.41, 5.74) is 3.11. The van der Waals surface area contributed by atoms with Crippen LogP contribution in [0.2, 0.25) is 0 Å². The Kier molecular flexibility index (Phi) is 8.33. The Morgan fingerprint density at radius 1 is 0.947 bits per heavy atom. The van der Waals surface area contributed by atoms with Crippen molar-refractivity contribution in [1.29, 1.82) is 0 Å². The molecule has 8 nitrogen and oxygen atoms in total. The summed E-state index contributed by atoms with van der Waals surface area (Å²) in [4.78, 5) is 44.3. The van der Waals surface area contributed by atoms with Gasteiger partial charge in [-0.2, -0.15) is 0 Å². The van der Waals surface area contributed by atoms with Crippen LogP contribution >= 0.6 is 11.3 Å². The minimum Gasteiger partial charge on any atom is -0.445 e. The normalized spacial score (nSPS) is 17.7. The molecular weight excluding hydrogens is 500 g/mol. The molecule has 1 aliphatic heterocycles. The Balaban J connectivity index is 1.15. The van der Waals surface area contributed by atoms with Gasteiger partial charge in [0, 0.05) is 29.1 Å². The molecule has 2 heterocycles. The van der Waals surface area contributed by atoms with Crippen LogP contribution in [-0.2, 0) is 16.1 Å². The fourth-order valence-corrected chi connectivity index (χ4v) is 5.74. The van der Waals surface area contributed by atoms with E-state index >= 15 is 0 Å². The van der Waals surface area contributed by atoms with Crippen molar-refractivity contribution in [2.24, 2.45) is 0 Å². The zero-order valence-corrected chi connectivity index (χ0v) is 22.0. The Morgan fingerprint density at radius 3 is 2.47 bits per heavy atom. The number of likely N-dealkylation sites (tertiary alicyclic amines) is 1. The molecule has 2 fully saturated rings. The molecule has 1 aliphatic carbocycles. The van der Waals surface area contributed by atoms with E-state index < -0.39 is 12.1 Å². The van der Waals surface area contributed by atoms with Gasteiger partial charge in [0.05, 0.1) is 5.69 Å². The van der Waals surface area contributed by atoms with Crippen LogP contribution in [0.4, 0.5) is 9.93 Å². The van der Waals surface area contributed by atoms with E-state index in [1.165, 1.54) is 35.5 Å². The number of carbonyl (C=O) groups is 3. The quantitative estimate of drug-likeness (QED) is 0.412. The van der Waals surface area contributed by atoms with E-state index in [9.17, 15) is 14.4 Å². The lowest BCUT2D eigenvalue weighted by Crippen LogP contribution is -2.43. The highest BCUT2D eigenvalue weighted by molar-refractivity contribution is 7.14. The number of rotatable bonds is 7. The van der Waals surface area contributed by atoms with Gasteiger partial charge in [0.15, 0.2) is 5.13 Å². The van der Waals surface area contributed by atoms with Gasteiger partial charge in [-0.15, -0.1) is 11.3 Å². The van der Waals surface area contributed by atoms with Crippen LogP contribution in [0.5, 0.6) is 0 Å². The van der Waals surface area contributed by atoms with Crippen LogP contribution in [0.25, 0.3) is 11.3 Å². The molecule has 2 aromatic carbocycles. The Bertz CT molecular complexity index is 1260. The topological polar surface area (TPSA) is 101 Å². The average Bonchev–Trinajstić information content (AvgIpc) is 3.63. The van der Waals surface area contributed by atoms with E-state index in [0.717, 1.165) is 36.1 Å². The van der Waals surface area contributed by atoms with Crippen molar-refractivity contribution in [1.82, 2.24) is 15.2 Å². The molecule has 1 saturated carbocycles. The predicted octanol–water partition coefficient (Wildman–Crippen LogP) is 5.61. The summed E-state index contributed by atoms with van der Waals surface area (Å²) in [5, 5.41) is 8.33. The van der Waals surface area contributed by atoms with Gasteiger partial charge in [0.25, 0.3) is 5.91 Å². The highest BCUT2D eigenvalue weighted by atomic mass is 32.1. The lowest BCUT2D eigenvalue weighted by atomic mass is 9.95. The molecule has 5 rings (SSSR count). The maximum atomic E-state index is 13.0. The fourth-order valence-electron chi connectivity index (χ4n) is 5.02. The Morgan fingerprint density at radius 2 is 1.71 bits per heavy atom. The van der Waals surface area contributed by atoms with E-state index in [2.05, 4.69) is 15.6 Å². The lowest BCUT2D eigenvalue weighted by Gasteiger charge is -2.22. The first-order valence-corrected chi connectivity index (χ1v) is 14.1. The largest absolute Gasteiger partial charge is 0.445 e.